The molecule has 168 valence electrons. The Hall–Kier alpha value is -3.68. The molecule has 32 heavy (non-hydrogen) atoms. The van der Waals surface area contributed by atoms with Crippen LogP contribution in [0.1, 0.15) is 42.4 Å². The fourth-order valence-electron chi connectivity index (χ4n) is 3.67. The maximum atomic E-state index is 11.8. The van der Waals surface area contributed by atoms with E-state index in [4.69, 9.17) is 20.2 Å². The first-order valence-electron chi connectivity index (χ1n) is 10.4. The number of primary amides is 1. The zero-order valence-electron chi connectivity index (χ0n) is 18.5. The highest BCUT2D eigenvalue weighted by Crippen LogP contribution is 2.48. The number of carbonyl (C=O) groups excluding carboxylic acids is 1. The Kier molecular flexibility index (Phi) is 7.96. The second-order valence-corrected chi connectivity index (χ2v) is 7.33. The van der Waals surface area contributed by atoms with Crippen molar-refractivity contribution < 1.29 is 19.3 Å². The van der Waals surface area contributed by atoms with Crippen LogP contribution in [0.4, 0.5) is 0 Å². The van der Waals surface area contributed by atoms with Crippen LogP contribution in [0.15, 0.2) is 70.1 Å². The van der Waals surface area contributed by atoms with E-state index in [0.29, 0.717) is 23.5 Å². The smallest absolute Gasteiger partial charge is 0.271 e. The monoisotopic (exact) mass is 436 g/mol. The standard InChI is InChI=1S/C24H28N4O4/c1-4-21(26-30-2)22(20-14-19(20)16-10-6-5-7-11-16)28-32-15-17-12-8-9-13-18(17)23(24(25)29)27-31-3/h5-13,19-20H,4,14-15H2,1-3H3,(H2,25,29)/b26-21+,27-23-,28-22+. The maximum absolute atomic E-state index is 11.8. The number of benzene rings is 2. The number of nitrogens with zero attached hydrogens (tertiary/aromatic N) is 3. The molecule has 2 atom stereocenters. The lowest BCUT2D eigenvalue weighted by Crippen LogP contribution is -2.25. The summed E-state index contributed by atoms with van der Waals surface area (Å²) in [5.74, 6) is -0.111. The van der Waals surface area contributed by atoms with Crippen LogP contribution in [0.5, 0.6) is 0 Å². The quantitative estimate of drug-likeness (QED) is 0.429. The van der Waals surface area contributed by atoms with E-state index in [1.165, 1.54) is 19.8 Å². The van der Waals surface area contributed by atoms with E-state index in [9.17, 15) is 4.79 Å². The van der Waals surface area contributed by atoms with E-state index >= 15 is 0 Å². The second kappa shape index (κ2) is 11.1. The SMILES string of the molecule is CCC(=N\OC)/C(=N/OCc1ccccc1/C(=N/OC)C(N)=O)C1CC1c1ccccc1. The van der Waals surface area contributed by atoms with Crippen LogP contribution in [-0.2, 0) is 25.9 Å². The van der Waals surface area contributed by atoms with Gasteiger partial charge >= 0.3 is 0 Å². The van der Waals surface area contributed by atoms with Crippen molar-refractivity contribution in [3.05, 3.63) is 71.3 Å². The van der Waals surface area contributed by atoms with Gasteiger partial charge in [-0.15, -0.1) is 0 Å². The van der Waals surface area contributed by atoms with Gasteiger partial charge in [0, 0.05) is 17.0 Å². The Bertz CT molecular complexity index is 1020. The molecular formula is C24H28N4O4. The Morgan fingerprint density at radius 2 is 1.69 bits per heavy atom. The van der Waals surface area contributed by atoms with Gasteiger partial charge in [-0.25, -0.2) is 0 Å². The highest BCUT2D eigenvalue weighted by molar-refractivity contribution is 6.45. The molecule has 1 saturated carbocycles. The van der Waals surface area contributed by atoms with Crippen molar-refractivity contribution >= 4 is 23.0 Å². The number of carbonyl (C=O) groups is 1. The predicted octanol–water partition coefficient (Wildman–Crippen LogP) is 3.61. The van der Waals surface area contributed by atoms with Gasteiger partial charge in [-0.3, -0.25) is 4.79 Å². The summed E-state index contributed by atoms with van der Waals surface area (Å²) < 4.78 is 0. The van der Waals surface area contributed by atoms with Gasteiger partial charge < -0.3 is 20.2 Å². The Morgan fingerprint density at radius 1 is 1.00 bits per heavy atom. The first kappa shape index (κ1) is 23.0. The molecule has 3 rings (SSSR count). The molecule has 8 nitrogen and oxygen atoms in total. The van der Waals surface area contributed by atoms with Crippen LogP contribution in [0.25, 0.3) is 0 Å². The van der Waals surface area contributed by atoms with E-state index in [-0.39, 0.29) is 18.2 Å². The van der Waals surface area contributed by atoms with Crippen LogP contribution in [-0.4, -0.2) is 37.3 Å². The molecule has 2 N–H and O–H groups in total. The first-order valence-corrected chi connectivity index (χ1v) is 10.4. The van der Waals surface area contributed by atoms with Crippen molar-refractivity contribution in [2.45, 2.75) is 32.3 Å². The van der Waals surface area contributed by atoms with E-state index in [1.807, 2.05) is 37.3 Å². The first-order chi connectivity index (χ1) is 15.6. The van der Waals surface area contributed by atoms with Crippen molar-refractivity contribution in [3.63, 3.8) is 0 Å². The van der Waals surface area contributed by atoms with Crippen molar-refractivity contribution in [2.24, 2.45) is 27.1 Å². The van der Waals surface area contributed by atoms with Crippen LogP contribution >= 0.6 is 0 Å². The zero-order chi connectivity index (χ0) is 22.9. The van der Waals surface area contributed by atoms with Crippen molar-refractivity contribution in [2.75, 3.05) is 14.2 Å². The summed E-state index contributed by atoms with van der Waals surface area (Å²) in [6.45, 7) is 2.13. The lowest BCUT2D eigenvalue weighted by Gasteiger charge is -2.11. The average molecular weight is 437 g/mol. The number of hydrogen-bond acceptors (Lipinski definition) is 7. The molecule has 0 bridgehead atoms. The topological polar surface area (TPSA) is 108 Å². The van der Waals surface area contributed by atoms with Crippen molar-refractivity contribution in [1.29, 1.82) is 0 Å². The molecule has 1 aliphatic rings. The van der Waals surface area contributed by atoms with E-state index in [2.05, 4.69) is 27.6 Å². The predicted molar refractivity (Wildman–Crippen MR) is 123 cm³/mol. The van der Waals surface area contributed by atoms with Gasteiger partial charge in [0.15, 0.2) is 5.71 Å². The zero-order valence-corrected chi connectivity index (χ0v) is 18.5. The van der Waals surface area contributed by atoms with Gasteiger partial charge in [-0.1, -0.05) is 77.0 Å². The summed E-state index contributed by atoms with van der Waals surface area (Å²) in [5, 5.41) is 12.4. The molecule has 2 unspecified atom stereocenters. The average Bonchev–Trinajstić information content (AvgIpc) is 3.60. The van der Waals surface area contributed by atoms with Crippen LogP contribution in [0.2, 0.25) is 0 Å². The molecule has 0 aliphatic heterocycles. The summed E-state index contributed by atoms with van der Waals surface area (Å²) in [6, 6.07) is 17.5. The normalized spacial score (nSPS) is 18.8. The van der Waals surface area contributed by atoms with Crippen molar-refractivity contribution in [3.8, 4) is 0 Å². The number of hydrogen-bond donors (Lipinski definition) is 1. The number of oxime groups is 3. The summed E-state index contributed by atoms with van der Waals surface area (Å²) in [4.78, 5) is 27.4. The Morgan fingerprint density at radius 3 is 2.34 bits per heavy atom. The molecule has 0 saturated heterocycles. The lowest BCUT2D eigenvalue weighted by molar-refractivity contribution is -0.112. The van der Waals surface area contributed by atoms with Crippen molar-refractivity contribution in [1.82, 2.24) is 0 Å². The molecule has 0 heterocycles. The number of amides is 1. The van der Waals surface area contributed by atoms with E-state index < -0.39 is 5.91 Å². The summed E-state index contributed by atoms with van der Waals surface area (Å²) in [7, 11) is 2.88. The lowest BCUT2D eigenvalue weighted by atomic mass is 10.0. The van der Waals surface area contributed by atoms with Crippen LogP contribution in [0.3, 0.4) is 0 Å². The van der Waals surface area contributed by atoms with Gasteiger partial charge in [-0.2, -0.15) is 0 Å². The number of nitrogens with two attached hydrogens (primary N) is 1. The molecule has 1 amide bonds. The molecule has 2 aromatic rings. The molecule has 0 radical (unpaired) electrons. The van der Waals surface area contributed by atoms with Gasteiger partial charge in [0.1, 0.15) is 32.2 Å². The minimum atomic E-state index is -0.687. The largest absolute Gasteiger partial charge is 0.399 e. The highest BCUT2D eigenvalue weighted by Gasteiger charge is 2.44. The maximum Gasteiger partial charge on any atom is 0.271 e. The Labute approximate surface area is 187 Å². The molecular weight excluding hydrogens is 408 g/mol. The van der Waals surface area contributed by atoms with E-state index in [0.717, 1.165) is 17.8 Å². The van der Waals surface area contributed by atoms with Gasteiger partial charge in [-0.05, 0) is 24.3 Å². The third kappa shape index (κ3) is 5.51. The summed E-state index contributed by atoms with van der Waals surface area (Å²) in [5.41, 5.74) is 9.53. The second-order valence-electron chi connectivity index (χ2n) is 7.33. The summed E-state index contributed by atoms with van der Waals surface area (Å²) in [6.07, 6.45) is 1.63. The fourth-order valence-corrected chi connectivity index (χ4v) is 3.67. The Balaban J connectivity index is 1.83. The molecule has 1 aliphatic carbocycles. The van der Waals surface area contributed by atoms with Gasteiger partial charge in [0.05, 0.1) is 0 Å². The highest BCUT2D eigenvalue weighted by atomic mass is 16.6. The van der Waals surface area contributed by atoms with Gasteiger partial charge in [0.25, 0.3) is 5.91 Å². The van der Waals surface area contributed by atoms with Crippen LogP contribution in [0, 0.1) is 5.92 Å². The minimum Gasteiger partial charge on any atom is -0.399 e. The molecule has 0 aromatic heterocycles. The van der Waals surface area contributed by atoms with Gasteiger partial charge in [0.2, 0.25) is 0 Å². The third-order valence-corrected chi connectivity index (χ3v) is 5.27. The number of rotatable bonds is 11. The molecule has 0 spiro atoms. The fraction of sp³-hybridized carbons (Fsp3) is 0.333. The third-order valence-electron chi connectivity index (χ3n) is 5.27. The molecule has 1 fully saturated rings. The van der Waals surface area contributed by atoms with Crippen LogP contribution < -0.4 is 5.73 Å². The molecule has 8 heteroatoms. The summed E-state index contributed by atoms with van der Waals surface area (Å²) >= 11 is 0. The minimum absolute atomic E-state index is 0.0254. The van der Waals surface area contributed by atoms with E-state index in [1.54, 1.807) is 12.1 Å². The molecule has 2 aromatic carbocycles.